The van der Waals surface area contributed by atoms with Crippen molar-refractivity contribution in [2.45, 2.75) is 6.92 Å². The van der Waals surface area contributed by atoms with E-state index in [1.165, 1.54) is 5.56 Å². The van der Waals surface area contributed by atoms with Crippen LogP contribution in [0.1, 0.15) is 12.5 Å². The molecule has 14 heavy (non-hydrogen) atoms. The third-order valence-corrected chi connectivity index (χ3v) is 1.27. The maximum atomic E-state index is 9.16. The Labute approximate surface area is 93.1 Å². The highest BCUT2D eigenvalue weighted by molar-refractivity contribution is 8.31. The molecule has 5 heteroatoms. The van der Waals surface area contributed by atoms with Gasteiger partial charge in [-0.3, -0.25) is 0 Å². The summed E-state index contributed by atoms with van der Waals surface area (Å²) in [6.45, 7) is 5.83. The van der Waals surface area contributed by atoms with Crippen LogP contribution in [0.25, 0.3) is 5.57 Å². The quantitative estimate of drug-likeness (QED) is 0.718. The molecule has 0 aliphatic carbocycles. The van der Waals surface area contributed by atoms with Crippen molar-refractivity contribution in [3.8, 4) is 0 Å². The smallest absolute Gasteiger partial charge is 0.195 e. The van der Waals surface area contributed by atoms with Crippen LogP contribution >= 0.6 is 21.4 Å². The van der Waals surface area contributed by atoms with E-state index in [0.29, 0.717) is 0 Å². The first-order valence-electron chi connectivity index (χ1n) is 3.66. The molecule has 0 aromatic heterocycles. The van der Waals surface area contributed by atoms with Gasteiger partial charge in [-0.05, 0) is 12.5 Å². The summed E-state index contributed by atoms with van der Waals surface area (Å²) in [7, 11) is 4.81. The second-order valence-electron chi connectivity index (χ2n) is 2.52. The van der Waals surface area contributed by atoms with E-state index in [1.54, 1.807) is 0 Å². The van der Waals surface area contributed by atoms with Crippen LogP contribution in [0.4, 0.5) is 0 Å². The molecule has 0 bridgehead atoms. The van der Waals surface area contributed by atoms with E-state index < -0.39 is 8.26 Å². The number of hydrogen-bond donors (Lipinski definition) is 0. The molecule has 1 aromatic rings. The molecule has 78 valence electrons. The minimum Gasteiger partial charge on any atom is -0.195 e. The molecule has 0 N–H and O–H groups in total. The fourth-order valence-corrected chi connectivity index (χ4v) is 0.723. The zero-order valence-electron chi connectivity index (χ0n) is 7.57. The van der Waals surface area contributed by atoms with Gasteiger partial charge in [0.25, 0.3) is 0 Å². The minimum atomic E-state index is -3.72. The molecule has 0 aliphatic heterocycles. The molecule has 0 saturated carbocycles. The van der Waals surface area contributed by atoms with E-state index >= 15 is 0 Å². The molecular weight excluding hydrogens is 243 g/mol. The van der Waals surface area contributed by atoms with E-state index in [1.807, 2.05) is 25.1 Å². The lowest BCUT2D eigenvalue weighted by molar-refractivity contribution is 0.621. The van der Waals surface area contributed by atoms with Crippen LogP contribution in [0.5, 0.6) is 0 Å². The number of benzene rings is 1. The van der Waals surface area contributed by atoms with Crippen LogP contribution in [0.15, 0.2) is 36.9 Å². The molecule has 0 fully saturated rings. The largest absolute Gasteiger partial charge is 0.317 e. The predicted octanol–water partition coefficient (Wildman–Crippen LogP) is 3.43. The highest BCUT2D eigenvalue weighted by Crippen LogP contribution is 2.08. The van der Waals surface area contributed by atoms with Gasteiger partial charge in [0.2, 0.25) is 0 Å². The highest BCUT2D eigenvalue weighted by atomic mass is 36.0. The van der Waals surface area contributed by atoms with Gasteiger partial charge >= 0.3 is 8.26 Å². The first-order chi connectivity index (χ1) is 6.30. The standard InChI is InChI=1S/C9H10.Cl2O2S/c1-8(2)9-6-4-3-5-7-9;1-5(2,3)4/h3-7H,1H2,2H3;. The van der Waals surface area contributed by atoms with E-state index in [2.05, 4.69) is 40.1 Å². The van der Waals surface area contributed by atoms with Gasteiger partial charge in [-0.1, -0.05) is 42.5 Å². The van der Waals surface area contributed by atoms with E-state index in [-0.39, 0.29) is 0 Å². The van der Waals surface area contributed by atoms with Crippen molar-refractivity contribution in [1.82, 2.24) is 0 Å². The van der Waals surface area contributed by atoms with Crippen LogP contribution in [-0.2, 0) is 8.26 Å². The van der Waals surface area contributed by atoms with E-state index in [9.17, 15) is 0 Å². The van der Waals surface area contributed by atoms with Gasteiger partial charge < -0.3 is 0 Å². The summed E-state index contributed by atoms with van der Waals surface area (Å²) in [5, 5.41) is 0. The normalized spacial score (nSPS) is 9.93. The van der Waals surface area contributed by atoms with Crippen molar-refractivity contribution < 1.29 is 8.42 Å². The van der Waals surface area contributed by atoms with Crippen molar-refractivity contribution in [3.05, 3.63) is 42.5 Å². The maximum Gasteiger partial charge on any atom is 0.317 e. The third-order valence-electron chi connectivity index (χ3n) is 1.27. The van der Waals surface area contributed by atoms with Crippen molar-refractivity contribution in [2.75, 3.05) is 0 Å². The van der Waals surface area contributed by atoms with Gasteiger partial charge in [0, 0.05) is 21.4 Å². The lowest BCUT2D eigenvalue weighted by atomic mass is 10.1. The summed E-state index contributed by atoms with van der Waals surface area (Å²) in [6, 6.07) is 10.2. The van der Waals surface area contributed by atoms with Crippen molar-refractivity contribution >= 4 is 35.2 Å². The summed E-state index contributed by atoms with van der Waals surface area (Å²) in [4.78, 5) is 0. The molecule has 0 unspecified atom stereocenters. The number of rotatable bonds is 1. The molecular formula is C9H10Cl2O2S. The first-order valence-corrected chi connectivity index (χ1v) is 6.79. The van der Waals surface area contributed by atoms with Crippen LogP contribution in [0, 0.1) is 0 Å². The van der Waals surface area contributed by atoms with Crippen molar-refractivity contribution in [2.24, 2.45) is 0 Å². The van der Waals surface area contributed by atoms with E-state index in [0.717, 1.165) is 5.57 Å². The summed E-state index contributed by atoms with van der Waals surface area (Å²) in [6.07, 6.45) is 0. The Bertz CT molecular complexity index is 377. The molecule has 0 heterocycles. The Morgan fingerprint density at radius 2 is 1.57 bits per heavy atom. The minimum absolute atomic E-state index is 1.12. The molecule has 1 aromatic carbocycles. The average molecular weight is 253 g/mol. The Hall–Kier alpha value is -0.510. The Balaban J connectivity index is 0.000000292. The topological polar surface area (TPSA) is 34.1 Å². The maximum absolute atomic E-state index is 9.16. The monoisotopic (exact) mass is 252 g/mol. The highest BCUT2D eigenvalue weighted by Gasteiger charge is 1.88. The first kappa shape index (κ1) is 13.5. The van der Waals surface area contributed by atoms with Gasteiger partial charge in [-0.25, -0.2) is 0 Å². The van der Waals surface area contributed by atoms with Crippen molar-refractivity contribution in [3.63, 3.8) is 0 Å². The fraction of sp³-hybridized carbons (Fsp3) is 0.111. The summed E-state index contributed by atoms with van der Waals surface area (Å²) < 4.78 is 18.3. The number of hydrogen-bond acceptors (Lipinski definition) is 2. The zero-order chi connectivity index (χ0) is 11.2. The molecule has 0 aliphatic rings. The Morgan fingerprint density at radius 3 is 1.79 bits per heavy atom. The Kier molecular flexibility index (Phi) is 5.84. The van der Waals surface area contributed by atoms with Crippen LogP contribution < -0.4 is 0 Å². The summed E-state index contributed by atoms with van der Waals surface area (Å²) in [5.74, 6) is 0. The van der Waals surface area contributed by atoms with E-state index in [4.69, 9.17) is 8.42 Å². The summed E-state index contributed by atoms with van der Waals surface area (Å²) in [5.41, 5.74) is 2.34. The number of allylic oxidation sites excluding steroid dienone is 1. The molecule has 0 amide bonds. The van der Waals surface area contributed by atoms with Crippen LogP contribution in [0.2, 0.25) is 0 Å². The fourth-order valence-electron chi connectivity index (χ4n) is 0.723. The molecule has 0 saturated heterocycles. The van der Waals surface area contributed by atoms with Gasteiger partial charge in [0.15, 0.2) is 0 Å². The lowest BCUT2D eigenvalue weighted by Crippen LogP contribution is -1.72. The number of halogens is 2. The molecule has 0 atom stereocenters. The van der Waals surface area contributed by atoms with Crippen LogP contribution in [0.3, 0.4) is 0 Å². The van der Waals surface area contributed by atoms with Gasteiger partial charge in [0.05, 0.1) is 0 Å². The Morgan fingerprint density at radius 1 is 1.21 bits per heavy atom. The third kappa shape index (κ3) is 9.58. The van der Waals surface area contributed by atoms with Crippen LogP contribution in [-0.4, -0.2) is 8.42 Å². The van der Waals surface area contributed by atoms with Gasteiger partial charge in [0.1, 0.15) is 0 Å². The van der Waals surface area contributed by atoms with Crippen molar-refractivity contribution in [1.29, 1.82) is 0 Å². The second kappa shape index (κ2) is 6.06. The average Bonchev–Trinajstić information content (AvgIpc) is 2.03. The lowest BCUT2D eigenvalue weighted by Gasteiger charge is -1.94. The molecule has 0 spiro atoms. The summed E-state index contributed by atoms with van der Waals surface area (Å²) >= 11 is 0. The second-order valence-corrected chi connectivity index (χ2v) is 6.19. The van der Waals surface area contributed by atoms with Gasteiger partial charge in [-0.2, -0.15) is 8.42 Å². The van der Waals surface area contributed by atoms with Gasteiger partial charge in [-0.15, -0.1) is 0 Å². The predicted molar refractivity (Wildman–Crippen MR) is 61.8 cm³/mol. The molecule has 2 nitrogen and oxygen atoms in total. The molecule has 1 rings (SSSR count). The zero-order valence-corrected chi connectivity index (χ0v) is 9.90. The SMILES string of the molecule is C=C(C)c1ccccc1.O=S(=O)(Cl)Cl. The molecule has 0 radical (unpaired) electrons.